The standard InChI is InChI=1S/C19H28N2O3.C18H26N2O3/c1-13-7-6-10-20-16(13)19(23-5)11-14-8-9-15(12-19)21(14)17(22)24-18(2,3)4;1-12-6-5-9-19-15(12)18(22)10-13-7-8-14(11-18)20(13)16(21)23-17(2,3)4/h6-7,10,14-15H,8-9,11-12H2,1-5H3;5-6,9,13-14,22H,7-8,10-11H2,1-4H3. The minimum atomic E-state index is -0.949. The van der Waals surface area contributed by atoms with Crippen LogP contribution in [0.5, 0.6) is 0 Å². The Balaban J connectivity index is 0.000000185. The third-order valence-corrected chi connectivity index (χ3v) is 10.0. The van der Waals surface area contributed by atoms with Crippen LogP contribution in [0.3, 0.4) is 0 Å². The van der Waals surface area contributed by atoms with E-state index in [1.807, 2.05) is 82.7 Å². The van der Waals surface area contributed by atoms with Crippen molar-refractivity contribution in [2.45, 2.75) is 153 Å². The van der Waals surface area contributed by atoms with Crippen molar-refractivity contribution in [3.8, 4) is 0 Å². The summed E-state index contributed by atoms with van der Waals surface area (Å²) >= 11 is 0. The zero-order valence-corrected chi connectivity index (χ0v) is 29.7. The fourth-order valence-electron chi connectivity index (χ4n) is 8.24. The monoisotopic (exact) mass is 650 g/mol. The average molecular weight is 651 g/mol. The molecule has 2 amide bonds. The van der Waals surface area contributed by atoms with Crippen LogP contribution in [0.1, 0.15) is 115 Å². The summed E-state index contributed by atoms with van der Waals surface area (Å²) in [6.45, 7) is 15.4. The van der Waals surface area contributed by atoms with Gasteiger partial charge >= 0.3 is 12.2 Å². The molecule has 4 bridgehead atoms. The van der Waals surface area contributed by atoms with Crippen LogP contribution in [0.4, 0.5) is 9.59 Å². The summed E-state index contributed by atoms with van der Waals surface area (Å²) in [7, 11) is 1.76. The Morgan fingerprint density at radius 2 is 1.11 bits per heavy atom. The van der Waals surface area contributed by atoms with Gasteiger partial charge in [-0.15, -0.1) is 0 Å². The van der Waals surface area contributed by atoms with Crippen molar-refractivity contribution >= 4 is 12.2 Å². The number of ether oxygens (including phenoxy) is 3. The van der Waals surface area contributed by atoms with Crippen LogP contribution in [0.15, 0.2) is 36.7 Å². The van der Waals surface area contributed by atoms with Crippen LogP contribution in [0, 0.1) is 13.8 Å². The van der Waals surface area contributed by atoms with Gasteiger partial charge < -0.3 is 29.1 Å². The van der Waals surface area contributed by atoms with Crippen molar-refractivity contribution < 1.29 is 28.9 Å². The first kappa shape index (κ1) is 35.1. The summed E-state index contributed by atoms with van der Waals surface area (Å²) in [5.41, 5.74) is 1.58. The fourth-order valence-corrected chi connectivity index (χ4v) is 8.24. The van der Waals surface area contributed by atoms with Gasteiger partial charge in [-0.2, -0.15) is 0 Å². The lowest BCUT2D eigenvalue weighted by atomic mass is 9.81. The predicted octanol–water partition coefficient (Wildman–Crippen LogP) is 6.93. The summed E-state index contributed by atoms with van der Waals surface area (Å²) in [6.07, 6.45) is 9.53. The van der Waals surface area contributed by atoms with Crippen LogP contribution in [-0.4, -0.2) is 79.5 Å². The van der Waals surface area contributed by atoms with Crippen molar-refractivity contribution in [2.75, 3.05) is 7.11 Å². The van der Waals surface area contributed by atoms with Crippen LogP contribution >= 0.6 is 0 Å². The molecule has 4 atom stereocenters. The Morgan fingerprint density at radius 3 is 1.47 bits per heavy atom. The number of piperidine rings is 2. The third-order valence-electron chi connectivity index (χ3n) is 10.0. The molecule has 0 spiro atoms. The van der Waals surface area contributed by atoms with Gasteiger partial charge in [-0.25, -0.2) is 9.59 Å². The minimum absolute atomic E-state index is 0.0232. The molecular weight excluding hydrogens is 596 g/mol. The highest BCUT2D eigenvalue weighted by molar-refractivity contribution is 5.70. The highest BCUT2D eigenvalue weighted by Gasteiger charge is 2.54. The lowest BCUT2D eigenvalue weighted by molar-refractivity contribution is -0.0904. The molecule has 4 saturated heterocycles. The number of hydrogen-bond acceptors (Lipinski definition) is 8. The Hall–Kier alpha value is -3.24. The van der Waals surface area contributed by atoms with Gasteiger partial charge in [0.1, 0.15) is 22.4 Å². The van der Waals surface area contributed by atoms with Crippen molar-refractivity contribution in [1.82, 2.24) is 19.8 Å². The maximum atomic E-state index is 12.6. The van der Waals surface area contributed by atoms with E-state index >= 15 is 0 Å². The smallest absolute Gasteiger partial charge is 0.410 e. The van der Waals surface area contributed by atoms with Crippen molar-refractivity contribution in [3.63, 3.8) is 0 Å². The second kappa shape index (κ2) is 13.0. The number of amides is 2. The molecule has 0 radical (unpaired) electrons. The van der Waals surface area contributed by atoms with E-state index in [1.165, 1.54) is 0 Å². The second-order valence-electron chi connectivity index (χ2n) is 15.9. The quantitative estimate of drug-likeness (QED) is 0.380. The summed E-state index contributed by atoms with van der Waals surface area (Å²) in [5, 5.41) is 11.2. The summed E-state index contributed by atoms with van der Waals surface area (Å²) in [6, 6.07) is 8.23. The van der Waals surface area contributed by atoms with Gasteiger partial charge in [0.2, 0.25) is 0 Å². The molecule has 10 heteroatoms. The molecule has 6 rings (SSSR count). The number of aryl methyl sites for hydroxylation is 2. The maximum absolute atomic E-state index is 12.6. The maximum Gasteiger partial charge on any atom is 0.410 e. The number of carbonyl (C=O) groups excluding carboxylic acids is 2. The molecule has 1 N–H and O–H groups in total. The topological polar surface area (TPSA) is 114 Å². The Labute approximate surface area is 280 Å². The molecule has 4 fully saturated rings. The van der Waals surface area contributed by atoms with E-state index in [4.69, 9.17) is 14.2 Å². The molecule has 10 nitrogen and oxygen atoms in total. The number of fused-ring (bicyclic) bond motifs is 4. The van der Waals surface area contributed by atoms with E-state index in [1.54, 1.807) is 13.3 Å². The number of aromatic nitrogens is 2. The normalized spacial score (nSPS) is 30.0. The van der Waals surface area contributed by atoms with Gasteiger partial charge in [0, 0.05) is 69.4 Å². The van der Waals surface area contributed by atoms with Gasteiger partial charge in [-0.05, 0) is 104 Å². The first-order chi connectivity index (χ1) is 22.0. The number of aliphatic hydroxyl groups is 1. The van der Waals surface area contributed by atoms with Gasteiger partial charge in [-0.3, -0.25) is 9.97 Å². The Bertz CT molecular complexity index is 1420. The van der Waals surface area contributed by atoms with E-state index in [2.05, 4.69) is 23.0 Å². The number of nitrogens with zero attached hydrogens (tertiary/aromatic N) is 4. The molecule has 6 heterocycles. The summed E-state index contributed by atoms with van der Waals surface area (Å²) in [4.78, 5) is 37.9. The third kappa shape index (κ3) is 7.43. The molecule has 0 aliphatic carbocycles. The molecule has 4 aliphatic heterocycles. The molecule has 4 aliphatic rings. The second-order valence-corrected chi connectivity index (χ2v) is 15.9. The van der Waals surface area contributed by atoms with Gasteiger partial charge in [0.05, 0.1) is 11.4 Å². The van der Waals surface area contributed by atoms with Crippen molar-refractivity contribution in [1.29, 1.82) is 0 Å². The van der Waals surface area contributed by atoms with Crippen LogP contribution in [-0.2, 0) is 25.4 Å². The van der Waals surface area contributed by atoms with E-state index in [-0.39, 0.29) is 36.4 Å². The van der Waals surface area contributed by atoms with Crippen LogP contribution in [0.25, 0.3) is 0 Å². The summed E-state index contributed by atoms with van der Waals surface area (Å²) in [5.74, 6) is 0. The molecule has 4 unspecified atom stereocenters. The molecule has 2 aromatic heterocycles. The lowest BCUT2D eigenvalue weighted by Gasteiger charge is -2.45. The zero-order chi connectivity index (χ0) is 34.4. The molecule has 258 valence electrons. The van der Waals surface area contributed by atoms with Crippen molar-refractivity contribution in [2.24, 2.45) is 0 Å². The zero-order valence-electron chi connectivity index (χ0n) is 29.7. The van der Waals surface area contributed by atoms with Crippen LogP contribution in [0.2, 0.25) is 0 Å². The number of carbonyl (C=O) groups is 2. The summed E-state index contributed by atoms with van der Waals surface area (Å²) < 4.78 is 17.2. The van der Waals surface area contributed by atoms with Gasteiger partial charge in [-0.1, -0.05) is 12.1 Å². The number of methoxy groups -OCH3 is 1. The predicted molar refractivity (Wildman–Crippen MR) is 179 cm³/mol. The minimum Gasteiger partial charge on any atom is -0.444 e. The van der Waals surface area contributed by atoms with E-state index in [0.717, 1.165) is 61.0 Å². The SMILES string of the molecule is COC1(c2ncccc2C)CC2CCC(C1)N2C(=O)OC(C)(C)C.Cc1cccnc1C1(O)CC2CCC(C1)N2C(=O)OC(C)(C)C. The number of hydrogen-bond donors (Lipinski definition) is 1. The molecule has 2 aromatic rings. The van der Waals surface area contributed by atoms with Gasteiger partial charge in [0.25, 0.3) is 0 Å². The first-order valence-electron chi connectivity index (χ1n) is 17.1. The Kier molecular flexibility index (Phi) is 9.70. The highest BCUT2D eigenvalue weighted by atomic mass is 16.6. The average Bonchev–Trinajstić information content (AvgIpc) is 3.42. The molecular formula is C37H54N4O6. The highest BCUT2D eigenvalue weighted by Crippen LogP contribution is 2.49. The lowest BCUT2D eigenvalue weighted by Crippen LogP contribution is -2.54. The van der Waals surface area contributed by atoms with Crippen LogP contribution < -0.4 is 0 Å². The Morgan fingerprint density at radius 1 is 0.723 bits per heavy atom. The van der Waals surface area contributed by atoms with E-state index in [0.29, 0.717) is 12.8 Å². The van der Waals surface area contributed by atoms with Gasteiger partial charge in [0.15, 0.2) is 0 Å². The number of pyridine rings is 2. The molecule has 0 saturated carbocycles. The largest absolute Gasteiger partial charge is 0.444 e. The molecule has 0 aromatic carbocycles. The van der Waals surface area contributed by atoms with E-state index in [9.17, 15) is 14.7 Å². The number of rotatable bonds is 3. The molecule has 47 heavy (non-hydrogen) atoms. The fraction of sp³-hybridized carbons (Fsp3) is 0.676. The van der Waals surface area contributed by atoms with E-state index < -0.39 is 22.4 Å². The van der Waals surface area contributed by atoms with Crippen molar-refractivity contribution in [3.05, 3.63) is 59.2 Å². The first-order valence-corrected chi connectivity index (χ1v) is 17.1.